The number of likely N-dealkylation sites (N-methyl/N-ethyl adjacent to an activating group) is 1. The summed E-state index contributed by atoms with van der Waals surface area (Å²) in [6, 6.07) is 4.02. The summed E-state index contributed by atoms with van der Waals surface area (Å²) in [6.45, 7) is 0.373. The molecule has 0 bridgehead atoms. The number of carbonyl (C=O) groups is 2. The van der Waals surface area contributed by atoms with Crippen LogP contribution in [0.4, 0.5) is 5.13 Å². The number of hydrogen-bond donors (Lipinski definition) is 2. The summed E-state index contributed by atoms with van der Waals surface area (Å²) in [5.41, 5.74) is 0. The maximum Gasteiger partial charge on any atom is 0.315 e. The van der Waals surface area contributed by atoms with Gasteiger partial charge < -0.3 is 10.2 Å². The van der Waals surface area contributed by atoms with E-state index >= 15 is 0 Å². The molecule has 0 saturated heterocycles. The van der Waals surface area contributed by atoms with Crippen molar-refractivity contribution < 1.29 is 9.59 Å². The highest BCUT2D eigenvalue weighted by Crippen LogP contribution is 2.22. The topological polar surface area (TPSA) is 74.3 Å². The second kappa shape index (κ2) is 7.30. The van der Waals surface area contributed by atoms with E-state index in [1.807, 2.05) is 36.5 Å². The highest BCUT2D eigenvalue weighted by molar-refractivity contribution is 7.13. The fourth-order valence-electron chi connectivity index (χ4n) is 1.73. The summed E-state index contributed by atoms with van der Waals surface area (Å²) < 4.78 is 0. The third-order valence-electron chi connectivity index (χ3n) is 2.81. The first kappa shape index (κ1) is 15.6. The van der Waals surface area contributed by atoms with E-state index in [4.69, 9.17) is 0 Å². The molecule has 0 fully saturated rings. The van der Waals surface area contributed by atoms with E-state index < -0.39 is 11.8 Å². The number of carbonyl (C=O) groups excluding carboxylic acids is 2. The monoisotopic (exact) mass is 324 g/mol. The zero-order chi connectivity index (χ0) is 15.2. The first-order valence-electron chi connectivity index (χ1n) is 6.26. The molecule has 0 saturated carbocycles. The van der Waals surface area contributed by atoms with Crippen molar-refractivity contribution in [3.05, 3.63) is 34.0 Å². The van der Waals surface area contributed by atoms with Crippen molar-refractivity contribution in [3.63, 3.8) is 0 Å². The maximum absolute atomic E-state index is 11.8. The van der Waals surface area contributed by atoms with Gasteiger partial charge in [0.05, 0.1) is 6.04 Å². The minimum Gasteiger partial charge on any atom is -0.346 e. The number of thiazole rings is 1. The average Bonchev–Trinajstić information content (AvgIpc) is 3.11. The Morgan fingerprint density at radius 3 is 2.67 bits per heavy atom. The highest BCUT2D eigenvalue weighted by Gasteiger charge is 2.19. The van der Waals surface area contributed by atoms with Crippen molar-refractivity contribution >= 4 is 39.6 Å². The van der Waals surface area contributed by atoms with Gasteiger partial charge in [0.1, 0.15) is 0 Å². The van der Waals surface area contributed by atoms with Gasteiger partial charge in [-0.2, -0.15) is 0 Å². The molecule has 0 unspecified atom stereocenters. The third kappa shape index (κ3) is 4.35. The molecule has 0 aliphatic rings. The van der Waals surface area contributed by atoms with Crippen LogP contribution in [0, 0.1) is 0 Å². The van der Waals surface area contributed by atoms with E-state index in [0.29, 0.717) is 11.7 Å². The van der Waals surface area contributed by atoms with E-state index in [1.165, 1.54) is 11.3 Å². The number of thiophene rings is 1. The number of aromatic nitrogens is 1. The maximum atomic E-state index is 11.8. The first-order valence-corrected chi connectivity index (χ1v) is 8.02. The lowest BCUT2D eigenvalue weighted by Gasteiger charge is -2.23. The first-order chi connectivity index (χ1) is 10.1. The molecular formula is C13H16N4O2S2. The molecule has 0 radical (unpaired) electrons. The van der Waals surface area contributed by atoms with Crippen LogP contribution in [0.2, 0.25) is 0 Å². The molecule has 8 heteroatoms. The summed E-state index contributed by atoms with van der Waals surface area (Å²) >= 11 is 2.89. The highest BCUT2D eigenvalue weighted by atomic mass is 32.1. The summed E-state index contributed by atoms with van der Waals surface area (Å²) in [4.78, 5) is 30.6. The van der Waals surface area contributed by atoms with Crippen LogP contribution in [0.25, 0.3) is 0 Å². The molecule has 21 heavy (non-hydrogen) atoms. The van der Waals surface area contributed by atoms with Crippen LogP contribution in [0.1, 0.15) is 10.9 Å². The van der Waals surface area contributed by atoms with Gasteiger partial charge in [0.25, 0.3) is 0 Å². The molecular weight excluding hydrogens is 308 g/mol. The molecule has 1 atom stereocenters. The van der Waals surface area contributed by atoms with Crippen molar-refractivity contribution in [1.82, 2.24) is 15.2 Å². The van der Waals surface area contributed by atoms with Gasteiger partial charge in [-0.3, -0.25) is 14.9 Å². The van der Waals surface area contributed by atoms with E-state index in [2.05, 4.69) is 15.6 Å². The SMILES string of the molecule is CN(C)[C@H](CNC(=O)C(=O)Nc1nccs1)c1cccs1. The van der Waals surface area contributed by atoms with Crippen LogP contribution in [-0.2, 0) is 9.59 Å². The van der Waals surface area contributed by atoms with Crippen molar-refractivity contribution in [2.75, 3.05) is 26.0 Å². The minimum atomic E-state index is -0.700. The third-order valence-corrected chi connectivity index (χ3v) is 4.47. The van der Waals surface area contributed by atoms with Crippen molar-refractivity contribution in [1.29, 1.82) is 0 Å². The number of amides is 2. The van der Waals surface area contributed by atoms with Gasteiger partial charge in [-0.15, -0.1) is 22.7 Å². The van der Waals surface area contributed by atoms with Gasteiger partial charge in [0, 0.05) is 23.0 Å². The number of nitrogens with zero attached hydrogens (tertiary/aromatic N) is 2. The van der Waals surface area contributed by atoms with Crippen LogP contribution in [0.3, 0.4) is 0 Å². The van der Waals surface area contributed by atoms with Crippen LogP contribution >= 0.6 is 22.7 Å². The predicted octanol–water partition coefficient (Wildman–Crippen LogP) is 1.56. The molecule has 0 aliphatic carbocycles. The van der Waals surface area contributed by atoms with Gasteiger partial charge in [-0.05, 0) is 25.5 Å². The lowest BCUT2D eigenvalue weighted by Crippen LogP contribution is -2.40. The largest absolute Gasteiger partial charge is 0.346 e. The second-order valence-corrected chi connectivity index (χ2v) is 6.37. The standard InChI is InChI=1S/C13H16N4O2S2/c1-17(2)9(10-4-3-6-20-10)8-15-11(18)12(19)16-13-14-5-7-21-13/h3-7,9H,8H2,1-2H3,(H,15,18)(H,14,16,19)/t9-/m1/s1. The zero-order valence-electron chi connectivity index (χ0n) is 11.7. The van der Waals surface area contributed by atoms with Crippen molar-refractivity contribution in [2.24, 2.45) is 0 Å². The Morgan fingerprint density at radius 1 is 1.29 bits per heavy atom. The Labute approximate surface area is 130 Å². The normalized spacial score (nSPS) is 12.1. The number of rotatable bonds is 5. The van der Waals surface area contributed by atoms with E-state index in [0.717, 1.165) is 4.88 Å². The van der Waals surface area contributed by atoms with Gasteiger partial charge >= 0.3 is 11.8 Å². The van der Waals surface area contributed by atoms with E-state index in [1.54, 1.807) is 22.9 Å². The Bertz CT molecular complexity index is 581. The Kier molecular flexibility index (Phi) is 5.43. The van der Waals surface area contributed by atoms with Gasteiger partial charge in [-0.25, -0.2) is 4.98 Å². The summed E-state index contributed by atoms with van der Waals surface area (Å²) in [7, 11) is 3.87. The molecule has 0 spiro atoms. The number of hydrogen-bond acceptors (Lipinski definition) is 6. The molecule has 2 aromatic rings. The smallest absolute Gasteiger partial charge is 0.315 e. The Balaban J connectivity index is 1.88. The van der Waals surface area contributed by atoms with Gasteiger partial charge in [0.2, 0.25) is 0 Å². The van der Waals surface area contributed by atoms with Gasteiger partial charge in [0.15, 0.2) is 5.13 Å². The molecule has 2 aromatic heterocycles. The quantitative estimate of drug-likeness (QED) is 0.819. The molecule has 0 aliphatic heterocycles. The molecule has 112 valence electrons. The van der Waals surface area contributed by atoms with E-state index in [9.17, 15) is 9.59 Å². The lowest BCUT2D eigenvalue weighted by atomic mass is 10.2. The molecule has 2 rings (SSSR count). The van der Waals surface area contributed by atoms with Crippen LogP contribution in [0.5, 0.6) is 0 Å². The summed E-state index contributed by atoms with van der Waals surface area (Å²) in [5, 5.41) is 9.24. The van der Waals surface area contributed by atoms with E-state index in [-0.39, 0.29) is 6.04 Å². The fourth-order valence-corrected chi connectivity index (χ4v) is 3.17. The van der Waals surface area contributed by atoms with Crippen LogP contribution in [-0.4, -0.2) is 42.3 Å². The Morgan fingerprint density at radius 2 is 2.10 bits per heavy atom. The molecule has 6 nitrogen and oxygen atoms in total. The van der Waals surface area contributed by atoms with Crippen LogP contribution < -0.4 is 10.6 Å². The van der Waals surface area contributed by atoms with Crippen molar-refractivity contribution in [3.8, 4) is 0 Å². The summed E-state index contributed by atoms with van der Waals surface area (Å²) in [6.07, 6.45) is 1.57. The average molecular weight is 324 g/mol. The fraction of sp³-hybridized carbons (Fsp3) is 0.308. The number of nitrogens with one attached hydrogen (secondary N) is 2. The lowest BCUT2D eigenvalue weighted by molar-refractivity contribution is -0.136. The van der Waals surface area contributed by atoms with Gasteiger partial charge in [-0.1, -0.05) is 6.07 Å². The van der Waals surface area contributed by atoms with Crippen molar-refractivity contribution in [2.45, 2.75) is 6.04 Å². The number of anilines is 1. The molecule has 0 aromatic carbocycles. The zero-order valence-corrected chi connectivity index (χ0v) is 13.3. The summed E-state index contributed by atoms with van der Waals surface area (Å²) in [5.74, 6) is -1.36. The van der Waals surface area contributed by atoms with Crippen LogP contribution in [0.15, 0.2) is 29.1 Å². The Hall–Kier alpha value is -1.77. The predicted molar refractivity (Wildman–Crippen MR) is 84.5 cm³/mol. The minimum absolute atomic E-state index is 0.0432. The molecule has 2 N–H and O–H groups in total. The molecule has 2 amide bonds. The molecule has 2 heterocycles. The second-order valence-electron chi connectivity index (χ2n) is 4.50.